The number of pyridine rings is 1. The van der Waals surface area contributed by atoms with Crippen molar-refractivity contribution in [2.75, 3.05) is 30.3 Å². The number of nitrogens with two attached hydrogens (primary N) is 1. The van der Waals surface area contributed by atoms with Crippen molar-refractivity contribution in [1.82, 2.24) is 4.98 Å². The van der Waals surface area contributed by atoms with Gasteiger partial charge < -0.3 is 15.7 Å². The van der Waals surface area contributed by atoms with E-state index in [0.29, 0.717) is 5.92 Å². The largest absolute Gasteiger partial charge is 0.399 e. The van der Waals surface area contributed by atoms with Gasteiger partial charge >= 0.3 is 0 Å². The third-order valence-corrected chi connectivity index (χ3v) is 2.92. The van der Waals surface area contributed by atoms with Gasteiger partial charge in [0.05, 0.1) is 0 Å². The van der Waals surface area contributed by atoms with Crippen LogP contribution in [0.15, 0.2) is 18.3 Å². The maximum absolute atomic E-state index is 8.87. The highest BCUT2D eigenvalue weighted by atomic mass is 16.3. The van der Waals surface area contributed by atoms with Crippen LogP contribution in [-0.4, -0.2) is 29.8 Å². The van der Waals surface area contributed by atoms with Gasteiger partial charge in [-0.2, -0.15) is 0 Å². The Labute approximate surface area is 89.7 Å². The van der Waals surface area contributed by atoms with Crippen molar-refractivity contribution in [3.8, 4) is 0 Å². The van der Waals surface area contributed by atoms with E-state index in [0.717, 1.165) is 37.4 Å². The molecule has 1 aliphatic heterocycles. The van der Waals surface area contributed by atoms with E-state index in [-0.39, 0.29) is 6.61 Å². The van der Waals surface area contributed by atoms with Crippen LogP contribution in [0, 0.1) is 5.92 Å². The number of rotatable bonds is 3. The average molecular weight is 207 g/mol. The first-order chi connectivity index (χ1) is 7.29. The van der Waals surface area contributed by atoms with Crippen LogP contribution in [0.5, 0.6) is 0 Å². The summed E-state index contributed by atoms with van der Waals surface area (Å²) < 4.78 is 0. The lowest BCUT2D eigenvalue weighted by Gasteiger charge is -2.17. The van der Waals surface area contributed by atoms with E-state index in [2.05, 4.69) is 9.88 Å². The van der Waals surface area contributed by atoms with Gasteiger partial charge in [0.25, 0.3) is 0 Å². The SMILES string of the molecule is Nc1ccnc(N2CCC(CCO)C2)c1. The monoisotopic (exact) mass is 207 g/mol. The fourth-order valence-corrected chi connectivity index (χ4v) is 2.07. The summed E-state index contributed by atoms with van der Waals surface area (Å²) >= 11 is 0. The van der Waals surface area contributed by atoms with Crippen LogP contribution in [0.4, 0.5) is 11.5 Å². The first kappa shape index (κ1) is 10.2. The molecule has 2 rings (SSSR count). The van der Waals surface area contributed by atoms with E-state index < -0.39 is 0 Å². The summed E-state index contributed by atoms with van der Waals surface area (Å²) in [5, 5.41) is 8.87. The van der Waals surface area contributed by atoms with Gasteiger partial charge in [-0.15, -0.1) is 0 Å². The van der Waals surface area contributed by atoms with Crippen molar-refractivity contribution in [1.29, 1.82) is 0 Å². The maximum Gasteiger partial charge on any atom is 0.130 e. The Morgan fingerprint density at radius 3 is 3.20 bits per heavy atom. The molecule has 0 saturated carbocycles. The summed E-state index contributed by atoms with van der Waals surface area (Å²) in [6.07, 6.45) is 3.76. The molecule has 0 radical (unpaired) electrons. The number of aliphatic hydroxyl groups is 1. The Bertz CT molecular complexity index is 329. The van der Waals surface area contributed by atoms with E-state index in [1.165, 1.54) is 0 Å². The second-order valence-corrected chi connectivity index (χ2v) is 4.06. The highest BCUT2D eigenvalue weighted by molar-refractivity contribution is 5.50. The summed E-state index contributed by atoms with van der Waals surface area (Å²) in [4.78, 5) is 6.53. The number of anilines is 2. The van der Waals surface area contributed by atoms with Gasteiger partial charge in [-0.25, -0.2) is 4.98 Å². The molecule has 0 spiro atoms. The molecular formula is C11H17N3O. The number of hydrogen-bond acceptors (Lipinski definition) is 4. The Morgan fingerprint density at radius 1 is 1.60 bits per heavy atom. The standard InChI is InChI=1S/C11H17N3O/c12-10-1-4-13-11(7-10)14-5-2-9(8-14)3-6-15/h1,4,7,9,15H,2-3,5-6,8H2,(H2,12,13). The molecule has 82 valence electrons. The number of nitrogen functional groups attached to an aromatic ring is 1. The number of aliphatic hydroxyl groups excluding tert-OH is 1. The van der Waals surface area contributed by atoms with Crippen molar-refractivity contribution >= 4 is 11.5 Å². The zero-order valence-electron chi connectivity index (χ0n) is 8.76. The Kier molecular flexibility index (Phi) is 3.06. The van der Waals surface area contributed by atoms with Gasteiger partial charge in [-0.3, -0.25) is 0 Å². The van der Waals surface area contributed by atoms with Crippen molar-refractivity contribution < 1.29 is 5.11 Å². The minimum absolute atomic E-state index is 0.281. The van der Waals surface area contributed by atoms with Gasteiger partial charge in [-0.05, 0) is 24.8 Å². The summed E-state index contributed by atoms with van der Waals surface area (Å²) in [7, 11) is 0. The second kappa shape index (κ2) is 4.49. The Morgan fingerprint density at radius 2 is 2.47 bits per heavy atom. The van der Waals surface area contributed by atoms with Gasteiger partial charge in [0.1, 0.15) is 5.82 Å². The molecular weight excluding hydrogens is 190 g/mol. The fourth-order valence-electron chi connectivity index (χ4n) is 2.07. The lowest BCUT2D eigenvalue weighted by Crippen LogP contribution is -2.21. The minimum Gasteiger partial charge on any atom is -0.399 e. The zero-order valence-corrected chi connectivity index (χ0v) is 8.76. The van der Waals surface area contributed by atoms with Crippen molar-refractivity contribution in [3.63, 3.8) is 0 Å². The Balaban J connectivity index is 2.01. The molecule has 2 heterocycles. The van der Waals surface area contributed by atoms with Crippen LogP contribution < -0.4 is 10.6 Å². The van der Waals surface area contributed by atoms with Crippen molar-refractivity contribution in [3.05, 3.63) is 18.3 Å². The van der Waals surface area contributed by atoms with Crippen LogP contribution in [0.3, 0.4) is 0 Å². The first-order valence-corrected chi connectivity index (χ1v) is 5.37. The molecule has 15 heavy (non-hydrogen) atoms. The molecule has 1 aromatic rings. The van der Waals surface area contributed by atoms with Gasteiger partial charge in [0.2, 0.25) is 0 Å². The van der Waals surface area contributed by atoms with E-state index in [1.807, 2.05) is 6.07 Å². The van der Waals surface area contributed by atoms with Gasteiger partial charge in [0.15, 0.2) is 0 Å². The second-order valence-electron chi connectivity index (χ2n) is 4.06. The average Bonchev–Trinajstić information content (AvgIpc) is 2.67. The molecule has 4 nitrogen and oxygen atoms in total. The van der Waals surface area contributed by atoms with E-state index >= 15 is 0 Å². The number of aromatic nitrogens is 1. The first-order valence-electron chi connectivity index (χ1n) is 5.37. The minimum atomic E-state index is 0.281. The predicted molar refractivity (Wildman–Crippen MR) is 60.7 cm³/mol. The normalized spacial score (nSPS) is 20.9. The predicted octanol–water partition coefficient (Wildman–Crippen LogP) is 0.872. The van der Waals surface area contributed by atoms with E-state index in [4.69, 9.17) is 10.8 Å². The Hall–Kier alpha value is -1.29. The third kappa shape index (κ3) is 2.39. The topological polar surface area (TPSA) is 62.4 Å². The molecule has 0 aromatic carbocycles. The molecule has 4 heteroatoms. The summed E-state index contributed by atoms with van der Waals surface area (Å²) in [6.45, 7) is 2.28. The van der Waals surface area contributed by atoms with E-state index in [1.54, 1.807) is 12.3 Å². The van der Waals surface area contributed by atoms with Gasteiger partial charge in [0, 0.05) is 37.6 Å². The lowest BCUT2D eigenvalue weighted by molar-refractivity contribution is 0.263. The molecule has 1 saturated heterocycles. The smallest absolute Gasteiger partial charge is 0.130 e. The molecule has 1 aromatic heterocycles. The number of nitrogens with zero attached hydrogens (tertiary/aromatic N) is 2. The molecule has 1 atom stereocenters. The highest BCUT2D eigenvalue weighted by Crippen LogP contribution is 2.24. The van der Waals surface area contributed by atoms with E-state index in [9.17, 15) is 0 Å². The van der Waals surface area contributed by atoms with Crippen molar-refractivity contribution in [2.24, 2.45) is 5.92 Å². The quantitative estimate of drug-likeness (QED) is 0.772. The highest BCUT2D eigenvalue weighted by Gasteiger charge is 2.22. The van der Waals surface area contributed by atoms with Crippen LogP contribution >= 0.6 is 0 Å². The van der Waals surface area contributed by atoms with Crippen LogP contribution in [0.25, 0.3) is 0 Å². The lowest BCUT2D eigenvalue weighted by atomic mass is 10.1. The molecule has 1 aliphatic rings. The third-order valence-electron chi connectivity index (χ3n) is 2.92. The molecule has 1 unspecified atom stereocenters. The zero-order chi connectivity index (χ0) is 10.7. The van der Waals surface area contributed by atoms with Crippen LogP contribution in [0.1, 0.15) is 12.8 Å². The van der Waals surface area contributed by atoms with Crippen LogP contribution in [0.2, 0.25) is 0 Å². The molecule has 3 N–H and O–H groups in total. The van der Waals surface area contributed by atoms with Gasteiger partial charge in [-0.1, -0.05) is 0 Å². The van der Waals surface area contributed by atoms with Crippen molar-refractivity contribution in [2.45, 2.75) is 12.8 Å². The number of hydrogen-bond donors (Lipinski definition) is 2. The molecule has 0 aliphatic carbocycles. The summed E-state index contributed by atoms with van der Waals surface area (Å²) in [5.41, 5.74) is 6.47. The fraction of sp³-hybridized carbons (Fsp3) is 0.545. The van der Waals surface area contributed by atoms with Crippen LogP contribution in [-0.2, 0) is 0 Å². The molecule has 0 amide bonds. The molecule has 0 bridgehead atoms. The molecule has 1 fully saturated rings. The summed E-state index contributed by atoms with van der Waals surface area (Å²) in [5.74, 6) is 1.55. The maximum atomic E-state index is 8.87. The summed E-state index contributed by atoms with van der Waals surface area (Å²) in [6, 6.07) is 3.70.